The average molecular weight is 318 g/mol. The third kappa shape index (κ3) is 3.61. The number of hydrazone groups is 1. The van der Waals surface area contributed by atoms with Gasteiger partial charge in [-0.15, -0.1) is 0 Å². The maximum absolute atomic E-state index is 10.9. The lowest BCUT2D eigenvalue weighted by Gasteiger charge is -2.02. The van der Waals surface area contributed by atoms with Crippen LogP contribution in [0.4, 0.5) is 11.5 Å². The lowest BCUT2D eigenvalue weighted by atomic mass is 10.0. The number of benzene rings is 2. The number of anilines is 1. The minimum atomic E-state index is -0.500. The van der Waals surface area contributed by atoms with E-state index >= 15 is 0 Å². The lowest BCUT2D eigenvalue weighted by Crippen LogP contribution is -1.98. The Hall–Kier alpha value is -3.54. The summed E-state index contributed by atoms with van der Waals surface area (Å²) in [7, 11) is 0. The van der Waals surface area contributed by atoms with Crippen LogP contribution in [0.15, 0.2) is 78.0 Å². The quantitative estimate of drug-likeness (QED) is 0.436. The summed E-state index contributed by atoms with van der Waals surface area (Å²) in [6.07, 6.45) is 3.06. The van der Waals surface area contributed by atoms with Crippen molar-refractivity contribution in [1.29, 1.82) is 0 Å². The largest absolute Gasteiger partial charge is 0.313 e. The van der Waals surface area contributed by atoms with E-state index in [1.165, 1.54) is 18.3 Å². The summed E-state index contributed by atoms with van der Waals surface area (Å²) in [6, 6.07) is 20.8. The van der Waals surface area contributed by atoms with Gasteiger partial charge in [0, 0.05) is 12.3 Å². The lowest BCUT2D eigenvalue weighted by molar-refractivity contribution is -0.384. The number of hydrogen-bond acceptors (Lipinski definition) is 5. The van der Waals surface area contributed by atoms with E-state index in [9.17, 15) is 10.1 Å². The standard InChI is InChI=1S/C18H14N4O2/c23-22(24)17-7-4-12-19-18(17)21-20-13-14-8-10-16(11-9-14)15-5-2-1-3-6-15/h1-13H,(H,19,21)/b20-13-. The van der Waals surface area contributed by atoms with Gasteiger partial charge >= 0.3 is 5.69 Å². The fourth-order valence-corrected chi connectivity index (χ4v) is 2.19. The molecule has 1 aromatic heterocycles. The highest BCUT2D eigenvalue weighted by Gasteiger charge is 2.12. The van der Waals surface area contributed by atoms with Gasteiger partial charge in [0.05, 0.1) is 11.1 Å². The molecule has 3 rings (SSSR count). The van der Waals surface area contributed by atoms with Crippen LogP contribution in [0.3, 0.4) is 0 Å². The highest BCUT2D eigenvalue weighted by molar-refractivity contribution is 5.81. The Kier molecular flexibility index (Phi) is 4.57. The molecule has 24 heavy (non-hydrogen) atoms. The minimum Gasteiger partial charge on any atom is -0.258 e. The number of rotatable bonds is 5. The van der Waals surface area contributed by atoms with Crippen molar-refractivity contribution in [2.24, 2.45) is 5.10 Å². The number of aromatic nitrogens is 1. The molecule has 1 N–H and O–H groups in total. The SMILES string of the molecule is O=[N+]([O-])c1cccnc1N/N=C\c1ccc(-c2ccccc2)cc1. The summed E-state index contributed by atoms with van der Waals surface area (Å²) in [6.45, 7) is 0. The highest BCUT2D eigenvalue weighted by Crippen LogP contribution is 2.20. The van der Waals surface area contributed by atoms with Crippen molar-refractivity contribution in [3.05, 3.63) is 88.6 Å². The molecule has 0 amide bonds. The van der Waals surface area contributed by atoms with Gasteiger partial charge < -0.3 is 0 Å². The van der Waals surface area contributed by atoms with Crippen molar-refractivity contribution in [2.45, 2.75) is 0 Å². The Morgan fingerprint density at radius 2 is 1.67 bits per heavy atom. The van der Waals surface area contributed by atoms with Gasteiger partial charge in [0.25, 0.3) is 0 Å². The fourth-order valence-electron chi connectivity index (χ4n) is 2.19. The second kappa shape index (κ2) is 7.15. The van der Waals surface area contributed by atoms with Gasteiger partial charge in [-0.3, -0.25) is 15.5 Å². The van der Waals surface area contributed by atoms with Gasteiger partial charge in [0.15, 0.2) is 0 Å². The van der Waals surface area contributed by atoms with Crippen LogP contribution in [0.2, 0.25) is 0 Å². The van der Waals surface area contributed by atoms with Gasteiger partial charge in [0.2, 0.25) is 5.82 Å². The van der Waals surface area contributed by atoms with E-state index in [1.807, 2.05) is 54.6 Å². The van der Waals surface area contributed by atoms with Crippen LogP contribution in [-0.2, 0) is 0 Å². The average Bonchev–Trinajstić information content (AvgIpc) is 2.63. The van der Waals surface area contributed by atoms with Crippen LogP contribution in [0.25, 0.3) is 11.1 Å². The molecule has 0 fully saturated rings. The molecule has 1 heterocycles. The monoisotopic (exact) mass is 318 g/mol. The first-order valence-corrected chi connectivity index (χ1v) is 7.28. The van der Waals surface area contributed by atoms with E-state index in [-0.39, 0.29) is 11.5 Å². The Bertz CT molecular complexity index is 862. The summed E-state index contributed by atoms with van der Waals surface area (Å²) in [5, 5.41) is 14.9. The smallest absolute Gasteiger partial charge is 0.258 e. The predicted octanol–water partition coefficient (Wildman–Crippen LogP) is 4.10. The predicted molar refractivity (Wildman–Crippen MR) is 94.0 cm³/mol. The maximum atomic E-state index is 10.9. The van der Waals surface area contributed by atoms with Crippen molar-refractivity contribution in [2.75, 3.05) is 5.43 Å². The molecule has 118 valence electrons. The zero-order valence-corrected chi connectivity index (χ0v) is 12.7. The van der Waals surface area contributed by atoms with Crippen molar-refractivity contribution in [3.8, 4) is 11.1 Å². The maximum Gasteiger partial charge on any atom is 0.313 e. The van der Waals surface area contributed by atoms with Gasteiger partial charge in [-0.1, -0.05) is 54.6 Å². The molecule has 0 aliphatic heterocycles. The van der Waals surface area contributed by atoms with Crippen LogP contribution in [0.5, 0.6) is 0 Å². The number of nitro groups is 1. The third-order valence-corrected chi connectivity index (χ3v) is 3.38. The van der Waals surface area contributed by atoms with Crippen LogP contribution in [0.1, 0.15) is 5.56 Å². The molecule has 0 radical (unpaired) electrons. The summed E-state index contributed by atoms with van der Waals surface area (Å²) in [5.41, 5.74) is 5.62. The van der Waals surface area contributed by atoms with E-state index in [4.69, 9.17) is 0 Å². The normalized spacial score (nSPS) is 10.7. The van der Waals surface area contributed by atoms with Crippen LogP contribution in [0, 0.1) is 10.1 Å². The molecular formula is C18H14N4O2. The molecule has 0 saturated carbocycles. The van der Waals surface area contributed by atoms with Crippen molar-refractivity contribution >= 4 is 17.7 Å². The van der Waals surface area contributed by atoms with Gasteiger partial charge in [-0.2, -0.15) is 5.10 Å². The molecule has 6 heteroatoms. The van der Waals surface area contributed by atoms with E-state index in [0.717, 1.165) is 16.7 Å². The molecule has 6 nitrogen and oxygen atoms in total. The zero-order valence-electron chi connectivity index (χ0n) is 12.7. The second-order valence-corrected chi connectivity index (χ2v) is 4.99. The van der Waals surface area contributed by atoms with E-state index in [2.05, 4.69) is 15.5 Å². The van der Waals surface area contributed by atoms with Crippen LogP contribution in [-0.4, -0.2) is 16.1 Å². The third-order valence-electron chi connectivity index (χ3n) is 3.38. The van der Waals surface area contributed by atoms with Crippen molar-refractivity contribution in [3.63, 3.8) is 0 Å². The van der Waals surface area contributed by atoms with Crippen molar-refractivity contribution in [1.82, 2.24) is 4.98 Å². The van der Waals surface area contributed by atoms with E-state index in [1.54, 1.807) is 6.21 Å². The Morgan fingerprint density at radius 3 is 2.38 bits per heavy atom. The van der Waals surface area contributed by atoms with E-state index < -0.39 is 4.92 Å². The fraction of sp³-hybridized carbons (Fsp3) is 0. The van der Waals surface area contributed by atoms with Gasteiger partial charge in [-0.05, 0) is 22.8 Å². The summed E-state index contributed by atoms with van der Waals surface area (Å²) < 4.78 is 0. The Balaban J connectivity index is 1.71. The molecule has 0 aliphatic rings. The molecular weight excluding hydrogens is 304 g/mol. The molecule has 3 aromatic rings. The molecule has 0 saturated heterocycles. The Labute approximate surface area is 138 Å². The first-order valence-electron chi connectivity index (χ1n) is 7.28. The molecule has 0 aliphatic carbocycles. The molecule has 2 aromatic carbocycles. The number of nitrogens with one attached hydrogen (secondary N) is 1. The first-order chi connectivity index (χ1) is 11.7. The molecule has 0 spiro atoms. The Morgan fingerprint density at radius 1 is 0.958 bits per heavy atom. The number of nitrogens with zero attached hydrogens (tertiary/aromatic N) is 3. The second-order valence-electron chi connectivity index (χ2n) is 4.99. The topological polar surface area (TPSA) is 80.4 Å². The van der Waals surface area contributed by atoms with Crippen LogP contribution < -0.4 is 5.43 Å². The molecule has 0 unspecified atom stereocenters. The minimum absolute atomic E-state index is 0.111. The number of pyridine rings is 1. The van der Waals surface area contributed by atoms with Gasteiger partial charge in [0.1, 0.15) is 0 Å². The summed E-state index contributed by atoms with van der Waals surface area (Å²) >= 11 is 0. The zero-order chi connectivity index (χ0) is 16.8. The first kappa shape index (κ1) is 15.4. The van der Waals surface area contributed by atoms with E-state index in [0.29, 0.717) is 0 Å². The van der Waals surface area contributed by atoms with Crippen LogP contribution >= 0.6 is 0 Å². The molecule has 0 bridgehead atoms. The molecule has 0 atom stereocenters. The highest BCUT2D eigenvalue weighted by atomic mass is 16.6. The van der Waals surface area contributed by atoms with Gasteiger partial charge in [-0.25, -0.2) is 4.98 Å². The summed E-state index contributed by atoms with van der Waals surface area (Å²) in [5.74, 6) is 0.111. The summed E-state index contributed by atoms with van der Waals surface area (Å²) in [4.78, 5) is 14.3. The van der Waals surface area contributed by atoms with Crippen molar-refractivity contribution < 1.29 is 4.92 Å². The number of hydrogen-bond donors (Lipinski definition) is 1.